The summed E-state index contributed by atoms with van der Waals surface area (Å²) in [5, 5.41) is 15.7. The molecular weight excluding hydrogens is 456 g/mol. The maximum absolute atomic E-state index is 13.6. The van der Waals surface area contributed by atoms with E-state index in [0.29, 0.717) is 28.2 Å². The molecular formula is C26H30N8O2. The first-order valence-corrected chi connectivity index (χ1v) is 12.4. The number of H-pyrrole nitrogens is 1. The van der Waals surface area contributed by atoms with Crippen LogP contribution in [0.3, 0.4) is 0 Å². The smallest absolute Gasteiger partial charge is 0.333 e. The molecule has 3 heterocycles. The van der Waals surface area contributed by atoms with Gasteiger partial charge in [0.15, 0.2) is 5.78 Å². The molecule has 1 aromatic heterocycles. The number of benzene rings is 2. The summed E-state index contributed by atoms with van der Waals surface area (Å²) in [6.45, 7) is 7.19. The average molecular weight is 487 g/mol. The Morgan fingerprint density at radius 2 is 1.69 bits per heavy atom. The Morgan fingerprint density at radius 3 is 2.44 bits per heavy atom. The van der Waals surface area contributed by atoms with Crippen LogP contribution >= 0.6 is 0 Å². The number of piperazine rings is 2. The lowest BCUT2D eigenvalue weighted by atomic mass is 10.0. The minimum Gasteiger partial charge on any atom is -0.369 e. The van der Waals surface area contributed by atoms with E-state index in [2.05, 4.69) is 55.2 Å². The van der Waals surface area contributed by atoms with E-state index in [1.165, 1.54) is 5.69 Å². The number of nitrogens with zero attached hydrogens (tertiary/aromatic N) is 4. The van der Waals surface area contributed by atoms with Gasteiger partial charge in [-0.2, -0.15) is 5.10 Å². The van der Waals surface area contributed by atoms with Crippen LogP contribution in [0.2, 0.25) is 0 Å². The number of likely N-dealkylation sites (N-methyl/N-ethyl adjacent to an activating group) is 1. The van der Waals surface area contributed by atoms with E-state index < -0.39 is 0 Å². The second-order valence-corrected chi connectivity index (χ2v) is 9.52. The molecule has 2 amide bonds. The summed E-state index contributed by atoms with van der Waals surface area (Å²) in [7, 11) is 2.06. The number of fused-ring (bicyclic) bond motifs is 3. The highest BCUT2D eigenvalue weighted by atomic mass is 16.2. The number of carbonyl (C=O) groups is 2. The van der Waals surface area contributed by atoms with Crippen molar-refractivity contribution in [1.82, 2.24) is 30.8 Å². The molecule has 36 heavy (non-hydrogen) atoms. The van der Waals surface area contributed by atoms with Gasteiger partial charge in [-0.1, -0.05) is 24.3 Å². The minimum absolute atomic E-state index is 0.134. The second-order valence-electron chi connectivity index (χ2n) is 9.52. The van der Waals surface area contributed by atoms with Gasteiger partial charge in [0.1, 0.15) is 5.69 Å². The van der Waals surface area contributed by atoms with Crippen LogP contribution in [-0.4, -0.2) is 91.3 Å². The van der Waals surface area contributed by atoms with Crippen LogP contribution in [0, 0.1) is 0 Å². The standard InChI is InChI=1S/C26H30N8O2/c1-32-13-15-34(16-14-32)31-26(36)28-20-4-2-3-19-21(20)25(35)22-23(29-30-24(19)22)17-5-7-18(8-6-17)33-11-9-27-10-12-33/h2-8,27H,9-16H2,1H3,(H,29,30)(H2,28,31,36). The molecule has 0 bridgehead atoms. The predicted molar refractivity (Wildman–Crippen MR) is 139 cm³/mol. The summed E-state index contributed by atoms with van der Waals surface area (Å²) < 4.78 is 0. The predicted octanol–water partition coefficient (Wildman–Crippen LogP) is 1.98. The Bertz CT molecular complexity index is 1290. The van der Waals surface area contributed by atoms with Gasteiger partial charge in [-0.05, 0) is 25.2 Å². The Morgan fingerprint density at radius 1 is 0.944 bits per heavy atom. The number of amides is 2. The van der Waals surface area contributed by atoms with E-state index in [-0.39, 0.29) is 11.8 Å². The van der Waals surface area contributed by atoms with Crippen molar-refractivity contribution >= 4 is 23.2 Å². The number of aromatic amines is 1. The molecule has 186 valence electrons. The highest BCUT2D eigenvalue weighted by Crippen LogP contribution is 2.43. The van der Waals surface area contributed by atoms with Crippen molar-refractivity contribution in [3.05, 3.63) is 53.6 Å². The molecule has 2 aliphatic heterocycles. The maximum atomic E-state index is 13.6. The third-order valence-corrected chi connectivity index (χ3v) is 7.19. The number of hydrogen-bond donors (Lipinski definition) is 4. The SMILES string of the molecule is CN1CCN(NC(=O)Nc2cccc3c2C(=O)c2c(-c4ccc(N5CCNCC5)cc4)n[nH]c2-3)CC1. The molecule has 0 atom stereocenters. The molecule has 3 aliphatic rings. The van der Waals surface area contributed by atoms with E-state index >= 15 is 0 Å². The highest BCUT2D eigenvalue weighted by Gasteiger charge is 2.35. The summed E-state index contributed by atoms with van der Waals surface area (Å²) in [6.07, 6.45) is 0. The first-order chi connectivity index (χ1) is 17.6. The molecule has 0 saturated carbocycles. The van der Waals surface area contributed by atoms with Crippen LogP contribution in [0.5, 0.6) is 0 Å². The fourth-order valence-electron chi connectivity index (χ4n) is 5.17. The van der Waals surface area contributed by atoms with E-state index in [1.807, 2.05) is 29.3 Å². The molecule has 2 fully saturated rings. The Balaban J connectivity index is 1.22. The number of urea groups is 1. The summed E-state index contributed by atoms with van der Waals surface area (Å²) in [5.41, 5.74) is 8.56. The topological polar surface area (TPSA) is 109 Å². The third-order valence-electron chi connectivity index (χ3n) is 7.19. The number of rotatable bonds is 4. The molecule has 10 heteroatoms. The van der Waals surface area contributed by atoms with Gasteiger partial charge in [0.05, 0.1) is 22.5 Å². The fourth-order valence-corrected chi connectivity index (χ4v) is 5.17. The fraction of sp³-hybridized carbons (Fsp3) is 0.346. The number of ketones is 1. The van der Waals surface area contributed by atoms with Gasteiger partial charge in [-0.3, -0.25) is 15.3 Å². The largest absolute Gasteiger partial charge is 0.369 e. The third kappa shape index (κ3) is 4.13. The zero-order valence-electron chi connectivity index (χ0n) is 20.3. The van der Waals surface area contributed by atoms with Crippen molar-refractivity contribution in [1.29, 1.82) is 0 Å². The summed E-state index contributed by atoms with van der Waals surface area (Å²) in [5.74, 6) is -0.134. The quantitative estimate of drug-likeness (QED) is 0.349. The van der Waals surface area contributed by atoms with Crippen molar-refractivity contribution in [3.8, 4) is 22.5 Å². The Labute approximate surface area is 209 Å². The Hall–Kier alpha value is -3.73. The van der Waals surface area contributed by atoms with Crippen molar-refractivity contribution in [2.24, 2.45) is 0 Å². The number of hydrogen-bond acceptors (Lipinski definition) is 7. The molecule has 4 N–H and O–H groups in total. The first-order valence-electron chi connectivity index (χ1n) is 12.4. The van der Waals surface area contributed by atoms with Gasteiger partial charge in [0.2, 0.25) is 0 Å². The van der Waals surface area contributed by atoms with E-state index in [4.69, 9.17) is 0 Å². The summed E-state index contributed by atoms with van der Waals surface area (Å²) >= 11 is 0. The maximum Gasteiger partial charge on any atom is 0.333 e. The molecule has 2 saturated heterocycles. The van der Waals surface area contributed by atoms with Crippen LogP contribution in [0.25, 0.3) is 22.5 Å². The molecule has 0 unspecified atom stereocenters. The van der Waals surface area contributed by atoms with Crippen LogP contribution in [-0.2, 0) is 0 Å². The number of carbonyl (C=O) groups excluding carboxylic acids is 2. The van der Waals surface area contributed by atoms with Gasteiger partial charge in [0.25, 0.3) is 0 Å². The highest BCUT2D eigenvalue weighted by molar-refractivity contribution is 6.26. The molecule has 6 rings (SSSR count). The Kier molecular flexibility index (Phi) is 5.92. The summed E-state index contributed by atoms with van der Waals surface area (Å²) in [4.78, 5) is 30.9. The lowest BCUT2D eigenvalue weighted by Crippen LogP contribution is -2.53. The molecule has 10 nitrogen and oxygen atoms in total. The summed E-state index contributed by atoms with van der Waals surface area (Å²) in [6, 6.07) is 13.4. The van der Waals surface area contributed by atoms with Gasteiger partial charge in [0, 0.05) is 69.2 Å². The zero-order chi connectivity index (χ0) is 24.6. The van der Waals surface area contributed by atoms with Gasteiger partial charge in [-0.25, -0.2) is 9.80 Å². The van der Waals surface area contributed by atoms with Gasteiger partial charge < -0.3 is 20.4 Å². The lowest BCUT2D eigenvalue weighted by Gasteiger charge is -2.32. The van der Waals surface area contributed by atoms with Crippen LogP contribution in [0.1, 0.15) is 15.9 Å². The van der Waals surface area contributed by atoms with E-state index in [1.54, 1.807) is 6.07 Å². The number of nitrogens with one attached hydrogen (secondary N) is 4. The van der Waals surface area contributed by atoms with Gasteiger partial charge >= 0.3 is 6.03 Å². The van der Waals surface area contributed by atoms with Crippen molar-refractivity contribution < 1.29 is 9.59 Å². The molecule has 0 radical (unpaired) electrons. The monoisotopic (exact) mass is 486 g/mol. The first kappa shape index (κ1) is 22.7. The minimum atomic E-state index is -0.349. The lowest BCUT2D eigenvalue weighted by molar-refractivity contribution is 0.104. The zero-order valence-corrected chi connectivity index (χ0v) is 20.3. The molecule has 1 aliphatic carbocycles. The van der Waals surface area contributed by atoms with Crippen molar-refractivity contribution in [2.45, 2.75) is 0 Å². The molecule has 3 aromatic rings. The van der Waals surface area contributed by atoms with Gasteiger partial charge in [-0.15, -0.1) is 0 Å². The van der Waals surface area contributed by atoms with Crippen LogP contribution < -0.4 is 21.0 Å². The van der Waals surface area contributed by atoms with Crippen molar-refractivity contribution in [3.63, 3.8) is 0 Å². The average Bonchev–Trinajstić information content (AvgIpc) is 3.46. The van der Waals surface area contributed by atoms with Crippen LogP contribution in [0.4, 0.5) is 16.2 Å². The normalized spacial score (nSPS) is 18.1. The molecule has 2 aromatic carbocycles. The van der Waals surface area contributed by atoms with Crippen molar-refractivity contribution in [2.75, 3.05) is 69.6 Å². The second kappa shape index (κ2) is 9.38. The number of hydrazine groups is 1. The number of aromatic nitrogens is 2. The van der Waals surface area contributed by atoms with E-state index in [9.17, 15) is 9.59 Å². The van der Waals surface area contributed by atoms with Crippen LogP contribution in [0.15, 0.2) is 42.5 Å². The number of anilines is 2. The molecule has 0 spiro atoms. The van der Waals surface area contributed by atoms with E-state index in [0.717, 1.165) is 63.5 Å².